The lowest BCUT2D eigenvalue weighted by Crippen LogP contribution is -2.32. The van der Waals surface area contributed by atoms with E-state index in [0.29, 0.717) is 12.1 Å². The Morgan fingerprint density at radius 2 is 2.12 bits per heavy atom. The first kappa shape index (κ1) is 16.7. The molecule has 2 aliphatic carbocycles. The number of nitrogens with zero attached hydrogens (tertiary/aromatic N) is 1. The molecule has 0 radical (unpaired) electrons. The minimum atomic E-state index is -0.186. The van der Waals surface area contributed by atoms with Crippen LogP contribution in [-0.4, -0.2) is 10.5 Å². The predicted octanol–water partition coefficient (Wildman–Crippen LogP) is 3.60. The van der Waals surface area contributed by atoms with E-state index < -0.39 is 0 Å². The maximum Gasteiger partial charge on any atom is 0.274 e. The van der Waals surface area contributed by atoms with Crippen LogP contribution in [0.2, 0.25) is 0 Å². The molecule has 1 aromatic heterocycles. The number of anilines is 1. The van der Waals surface area contributed by atoms with Crippen molar-refractivity contribution in [1.82, 2.24) is 4.57 Å². The highest BCUT2D eigenvalue weighted by atomic mass is 16.2. The smallest absolute Gasteiger partial charge is 0.274 e. The van der Waals surface area contributed by atoms with E-state index in [1.54, 1.807) is 0 Å². The fraction of sp³-hybridized carbons (Fsp3) is 0.500. The second kappa shape index (κ2) is 7.65. The summed E-state index contributed by atoms with van der Waals surface area (Å²) in [4.78, 5) is 25.4. The number of rotatable bonds is 5. The van der Waals surface area contributed by atoms with E-state index in [9.17, 15) is 9.59 Å². The highest BCUT2D eigenvalue weighted by Crippen LogP contribution is 2.23. The van der Waals surface area contributed by atoms with Crippen molar-refractivity contribution >= 4 is 11.6 Å². The zero-order valence-electron chi connectivity index (χ0n) is 14.4. The third-order valence-electron chi connectivity index (χ3n) is 4.91. The summed E-state index contributed by atoms with van der Waals surface area (Å²) in [5, 5.41) is 2.89. The molecule has 0 bridgehead atoms. The first-order valence-corrected chi connectivity index (χ1v) is 9.10. The van der Waals surface area contributed by atoms with Crippen molar-refractivity contribution in [1.29, 1.82) is 0 Å². The van der Waals surface area contributed by atoms with Crippen LogP contribution in [0, 0.1) is 5.92 Å². The zero-order valence-corrected chi connectivity index (χ0v) is 14.4. The number of carbonyl (C=O) groups is 1. The van der Waals surface area contributed by atoms with Gasteiger partial charge in [0.05, 0.1) is 5.92 Å². The fourth-order valence-electron chi connectivity index (χ4n) is 3.52. The molecule has 1 N–H and O–H groups in total. The van der Waals surface area contributed by atoms with E-state index in [2.05, 4.69) is 12.2 Å². The number of fused-ring (bicyclic) bond motifs is 1. The molecule has 24 heavy (non-hydrogen) atoms. The summed E-state index contributed by atoms with van der Waals surface area (Å²) in [6.07, 6.45) is 14.7. The molecule has 4 heteroatoms. The van der Waals surface area contributed by atoms with Gasteiger partial charge in [-0.05, 0) is 50.2 Å². The van der Waals surface area contributed by atoms with Gasteiger partial charge in [0.1, 0.15) is 5.69 Å². The van der Waals surface area contributed by atoms with Gasteiger partial charge in [-0.1, -0.05) is 37.6 Å². The van der Waals surface area contributed by atoms with Gasteiger partial charge in [-0.25, -0.2) is 0 Å². The van der Waals surface area contributed by atoms with E-state index in [4.69, 9.17) is 0 Å². The van der Waals surface area contributed by atoms with Gasteiger partial charge in [0.2, 0.25) is 5.91 Å². The third-order valence-corrected chi connectivity index (χ3v) is 4.91. The summed E-state index contributed by atoms with van der Waals surface area (Å²) >= 11 is 0. The van der Waals surface area contributed by atoms with Crippen molar-refractivity contribution in [2.75, 3.05) is 5.32 Å². The fourth-order valence-corrected chi connectivity index (χ4v) is 3.52. The number of hydrogen-bond donors (Lipinski definition) is 1. The summed E-state index contributed by atoms with van der Waals surface area (Å²) in [6, 6.07) is 1.92. The van der Waals surface area contributed by atoms with E-state index in [1.807, 2.05) is 34.9 Å². The standard InChI is InChI=1S/C20H26N2O2/c1-2-3-13-22-18-12-8-7-11-16(18)14-17(20(22)24)21-19(23)15-9-5-4-6-10-15/h4-6,9,14-15H,2-3,7-8,10-13H2,1H3,(H,21,23). The Morgan fingerprint density at radius 3 is 2.88 bits per heavy atom. The van der Waals surface area contributed by atoms with Crippen LogP contribution < -0.4 is 10.9 Å². The highest BCUT2D eigenvalue weighted by molar-refractivity contribution is 5.93. The summed E-state index contributed by atoms with van der Waals surface area (Å²) in [7, 11) is 0. The van der Waals surface area contributed by atoms with Gasteiger partial charge in [-0.2, -0.15) is 0 Å². The number of aromatic nitrogens is 1. The van der Waals surface area contributed by atoms with Crippen LogP contribution in [0.1, 0.15) is 50.3 Å². The molecule has 1 heterocycles. The van der Waals surface area contributed by atoms with Crippen molar-refractivity contribution in [3.63, 3.8) is 0 Å². The Hall–Kier alpha value is -2.10. The van der Waals surface area contributed by atoms with Gasteiger partial charge in [0.15, 0.2) is 0 Å². The van der Waals surface area contributed by atoms with Gasteiger partial charge in [0.25, 0.3) is 5.56 Å². The van der Waals surface area contributed by atoms with Crippen LogP contribution in [0.4, 0.5) is 5.69 Å². The van der Waals surface area contributed by atoms with Gasteiger partial charge >= 0.3 is 0 Å². The number of hydrogen-bond acceptors (Lipinski definition) is 2. The second-order valence-electron chi connectivity index (χ2n) is 6.69. The molecule has 0 fully saturated rings. The molecule has 4 nitrogen and oxygen atoms in total. The van der Waals surface area contributed by atoms with Crippen molar-refractivity contribution < 1.29 is 4.79 Å². The Kier molecular flexibility index (Phi) is 5.34. The Labute approximate surface area is 143 Å². The molecule has 0 aromatic carbocycles. The molecule has 1 aromatic rings. The summed E-state index contributed by atoms with van der Waals surface area (Å²) in [5.41, 5.74) is 2.80. The number of nitrogens with one attached hydrogen (secondary N) is 1. The molecule has 1 atom stereocenters. The van der Waals surface area contributed by atoms with E-state index in [1.165, 1.54) is 11.3 Å². The van der Waals surface area contributed by atoms with Crippen LogP contribution in [0.25, 0.3) is 0 Å². The lowest BCUT2D eigenvalue weighted by molar-refractivity contribution is -0.118. The Balaban J connectivity index is 1.89. The lowest BCUT2D eigenvalue weighted by Gasteiger charge is -2.23. The average molecular weight is 326 g/mol. The van der Waals surface area contributed by atoms with Crippen LogP contribution in [0.15, 0.2) is 35.2 Å². The van der Waals surface area contributed by atoms with Crippen molar-refractivity contribution in [2.24, 2.45) is 5.92 Å². The second-order valence-corrected chi connectivity index (χ2v) is 6.69. The number of carbonyl (C=O) groups excluding carboxylic acids is 1. The number of unbranched alkanes of at least 4 members (excludes halogenated alkanes) is 1. The Morgan fingerprint density at radius 1 is 1.29 bits per heavy atom. The maximum absolute atomic E-state index is 12.9. The van der Waals surface area contributed by atoms with E-state index >= 15 is 0 Å². The Bertz CT molecular complexity index is 728. The largest absolute Gasteiger partial charge is 0.321 e. The highest BCUT2D eigenvalue weighted by Gasteiger charge is 2.21. The molecule has 0 spiro atoms. The van der Waals surface area contributed by atoms with Gasteiger partial charge in [0, 0.05) is 12.2 Å². The van der Waals surface area contributed by atoms with Crippen LogP contribution in [0.5, 0.6) is 0 Å². The van der Waals surface area contributed by atoms with Crippen LogP contribution >= 0.6 is 0 Å². The van der Waals surface area contributed by atoms with Gasteiger partial charge < -0.3 is 9.88 Å². The summed E-state index contributed by atoms with van der Waals surface area (Å²) in [5.74, 6) is -0.278. The van der Waals surface area contributed by atoms with Gasteiger partial charge in [-0.15, -0.1) is 0 Å². The molecule has 2 aliphatic rings. The molecule has 0 saturated carbocycles. The number of allylic oxidation sites excluding steroid dienone is 3. The summed E-state index contributed by atoms with van der Waals surface area (Å²) in [6.45, 7) is 2.87. The molecule has 0 saturated heterocycles. The molecule has 1 unspecified atom stereocenters. The van der Waals surface area contributed by atoms with Crippen LogP contribution in [0.3, 0.4) is 0 Å². The normalized spacial score (nSPS) is 19.1. The zero-order chi connectivity index (χ0) is 16.9. The lowest BCUT2D eigenvalue weighted by atomic mass is 9.95. The third kappa shape index (κ3) is 3.53. The molecule has 3 rings (SSSR count). The minimum Gasteiger partial charge on any atom is -0.321 e. The molecular formula is C20H26N2O2. The monoisotopic (exact) mass is 326 g/mol. The van der Waals surface area contributed by atoms with Crippen LogP contribution in [-0.2, 0) is 24.2 Å². The van der Waals surface area contributed by atoms with E-state index in [0.717, 1.165) is 45.1 Å². The van der Waals surface area contributed by atoms with E-state index in [-0.39, 0.29) is 17.4 Å². The SMILES string of the molecule is CCCCn1c2c(cc(NC(=O)C3C=CC=CC3)c1=O)CCCC2. The molecule has 1 amide bonds. The first-order chi connectivity index (χ1) is 11.7. The molecule has 128 valence electrons. The predicted molar refractivity (Wildman–Crippen MR) is 97.3 cm³/mol. The number of pyridine rings is 1. The van der Waals surface area contributed by atoms with Crippen molar-refractivity contribution in [3.05, 3.63) is 52.0 Å². The first-order valence-electron chi connectivity index (χ1n) is 9.10. The maximum atomic E-state index is 12.9. The average Bonchev–Trinajstić information content (AvgIpc) is 2.62. The number of aryl methyl sites for hydroxylation is 1. The van der Waals surface area contributed by atoms with Crippen molar-refractivity contribution in [2.45, 2.75) is 58.4 Å². The minimum absolute atomic E-state index is 0.0484. The summed E-state index contributed by atoms with van der Waals surface area (Å²) < 4.78 is 1.91. The van der Waals surface area contributed by atoms with Gasteiger partial charge in [-0.3, -0.25) is 9.59 Å². The topological polar surface area (TPSA) is 51.1 Å². The molecular weight excluding hydrogens is 300 g/mol. The number of amides is 1. The quantitative estimate of drug-likeness (QED) is 0.899. The molecule has 0 aliphatic heterocycles. The van der Waals surface area contributed by atoms with Crippen molar-refractivity contribution in [3.8, 4) is 0 Å².